The molecule has 2 aromatic rings. The maximum Gasteiger partial charge on any atom is 0.410 e. The van der Waals surface area contributed by atoms with E-state index in [4.69, 9.17) is 10.5 Å². The molecule has 0 bridgehead atoms. The lowest BCUT2D eigenvalue weighted by atomic mass is 9.98. The van der Waals surface area contributed by atoms with Gasteiger partial charge in [-0.15, -0.1) is 0 Å². The van der Waals surface area contributed by atoms with Gasteiger partial charge < -0.3 is 20.4 Å². The molecule has 1 aliphatic heterocycles. The zero-order chi connectivity index (χ0) is 19.1. The quantitative estimate of drug-likeness (QED) is 0.768. The van der Waals surface area contributed by atoms with Crippen LogP contribution in [-0.2, 0) is 4.74 Å². The predicted molar refractivity (Wildman–Crippen MR) is 105 cm³/mol. The number of carbonyl (C=O) groups is 2. The summed E-state index contributed by atoms with van der Waals surface area (Å²) in [5.74, 6) is -0.474. The van der Waals surface area contributed by atoms with Gasteiger partial charge in [-0.25, -0.2) is 4.79 Å². The summed E-state index contributed by atoms with van der Waals surface area (Å²) in [5, 5.41) is 0.935. The normalized spacial score (nSPS) is 15.1. The number of hydrogen-bond donors (Lipinski definition) is 2. The molecule has 7 heteroatoms. The summed E-state index contributed by atoms with van der Waals surface area (Å²) in [5.41, 5.74) is 8.31. The Morgan fingerprint density at radius 3 is 2.62 bits per heavy atom. The van der Waals surface area contributed by atoms with Crippen molar-refractivity contribution in [1.29, 1.82) is 0 Å². The molecule has 2 amide bonds. The number of nitrogens with two attached hydrogens (primary N) is 1. The number of nitrogens with zero attached hydrogens (tertiary/aromatic N) is 1. The molecule has 0 radical (unpaired) electrons. The summed E-state index contributed by atoms with van der Waals surface area (Å²) < 4.78 is 6.22. The van der Waals surface area contributed by atoms with E-state index in [0.29, 0.717) is 25.1 Å². The number of nitrogens with one attached hydrogen (secondary N) is 1. The van der Waals surface area contributed by atoms with Crippen molar-refractivity contribution in [3.05, 3.63) is 40.0 Å². The fourth-order valence-electron chi connectivity index (χ4n) is 3.06. The van der Waals surface area contributed by atoms with E-state index >= 15 is 0 Å². The van der Waals surface area contributed by atoms with Crippen molar-refractivity contribution in [3.8, 4) is 0 Å². The van der Waals surface area contributed by atoms with Crippen molar-refractivity contribution in [2.45, 2.75) is 32.8 Å². The lowest BCUT2D eigenvalue weighted by Crippen LogP contribution is -2.39. The Morgan fingerprint density at radius 1 is 1.31 bits per heavy atom. The number of H-pyrrole nitrogens is 1. The Bertz CT molecular complexity index is 909. The first-order valence-electron chi connectivity index (χ1n) is 8.43. The fourth-order valence-corrected chi connectivity index (χ4v) is 3.52. The van der Waals surface area contributed by atoms with Gasteiger partial charge in [0.15, 0.2) is 0 Å². The van der Waals surface area contributed by atoms with Crippen molar-refractivity contribution in [3.63, 3.8) is 0 Å². The highest BCUT2D eigenvalue weighted by atomic mass is 79.9. The molecule has 0 spiro atoms. The second kappa shape index (κ2) is 6.79. The zero-order valence-corrected chi connectivity index (χ0v) is 16.6. The van der Waals surface area contributed by atoms with Gasteiger partial charge in [0.05, 0.1) is 11.1 Å². The Labute approximate surface area is 160 Å². The van der Waals surface area contributed by atoms with Gasteiger partial charge in [0.25, 0.3) is 5.91 Å². The van der Waals surface area contributed by atoms with Gasteiger partial charge in [0.1, 0.15) is 5.60 Å². The first-order chi connectivity index (χ1) is 12.2. The van der Waals surface area contributed by atoms with Crippen molar-refractivity contribution in [2.75, 3.05) is 13.1 Å². The topological polar surface area (TPSA) is 88.4 Å². The minimum atomic E-state index is -0.505. The average Bonchev–Trinajstić information content (AvgIpc) is 2.96. The maximum atomic E-state index is 12.2. The maximum absolute atomic E-state index is 12.2. The number of fused-ring (bicyclic) bond motifs is 1. The van der Waals surface area contributed by atoms with Crippen molar-refractivity contribution in [2.24, 2.45) is 5.73 Å². The molecule has 3 rings (SSSR count). The van der Waals surface area contributed by atoms with E-state index in [9.17, 15) is 9.59 Å². The number of primary amides is 1. The number of ether oxygens (including phenoxy) is 1. The summed E-state index contributed by atoms with van der Waals surface area (Å²) in [6.07, 6.45) is 4.33. The number of benzene rings is 1. The highest BCUT2D eigenvalue weighted by Crippen LogP contribution is 2.33. The van der Waals surface area contributed by atoms with E-state index in [0.717, 1.165) is 26.5 Å². The molecular weight excluding hydrogens is 398 g/mol. The number of carbonyl (C=O) groups excluding carboxylic acids is 2. The van der Waals surface area contributed by atoms with Gasteiger partial charge in [-0.2, -0.15) is 0 Å². The minimum Gasteiger partial charge on any atom is -0.444 e. The van der Waals surface area contributed by atoms with Crippen molar-refractivity contribution < 1.29 is 14.3 Å². The second-order valence-electron chi connectivity index (χ2n) is 7.35. The van der Waals surface area contributed by atoms with Crippen LogP contribution in [-0.4, -0.2) is 40.6 Å². The Hall–Kier alpha value is -2.28. The first-order valence-corrected chi connectivity index (χ1v) is 9.23. The van der Waals surface area contributed by atoms with E-state index in [1.54, 1.807) is 11.0 Å². The van der Waals surface area contributed by atoms with Gasteiger partial charge in [0.2, 0.25) is 0 Å². The van der Waals surface area contributed by atoms with Crippen LogP contribution >= 0.6 is 15.9 Å². The third-order valence-electron chi connectivity index (χ3n) is 4.23. The molecule has 0 saturated heterocycles. The summed E-state index contributed by atoms with van der Waals surface area (Å²) in [6.45, 7) is 6.65. The van der Waals surface area contributed by atoms with Gasteiger partial charge in [-0.3, -0.25) is 4.79 Å². The molecule has 3 N–H and O–H groups in total. The van der Waals surface area contributed by atoms with Crippen molar-refractivity contribution in [1.82, 2.24) is 9.88 Å². The number of amides is 2. The largest absolute Gasteiger partial charge is 0.444 e. The smallest absolute Gasteiger partial charge is 0.410 e. The van der Waals surface area contributed by atoms with Crippen LogP contribution in [0.5, 0.6) is 0 Å². The van der Waals surface area contributed by atoms with Gasteiger partial charge in [-0.1, -0.05) is 22.0 Å². The Kier molecular flexibility index (Phi) is 4.84. The number of halogens is 1. The molecule has 0 saturated carbocycles. The van der Waals surface area contributed by atoms with Crippen LogP contribution in [0.1, 0.15) is 43.1 Å². The minimum absolute atomic E-state index is 0.300. The molecule has 138 valence electrons. The van der Waals surface area contributed by atoms with Crippen LogP contribution in [0.2, 0.25) is 0 Å². The number of hydrogen-bond acceptors (Lipinski definition) is 3. The van der Waals surface area contributed by atoms with E-state index < -0.39 is 11.5 Å². The van der Waals surface area contributed by atoms with Crippen LogP contribution in [0.15, 0.2) is 28.9 Å². The SMILES string of the molecule is CC(C)(C)OC(=O)N1CC=C(c2c[nH]c3c(C(N)=O)cc(Br)cc23)CC1. The van der Waals surface area contributed by atoms with Gasteiger partial charge in [0, 0.05) is 34.7 Å². The monoisotopic (exact) mass is 419 g/mol. The van der Waals surface area contributed by atoms with E-state index in [1.165, 1.54) is 0 Å². The van der Waals surface area contributed by atoms with Crippen LogP contribution in [0.4, 0.5) is 4.79 Å². The summed E-state index contributed by atoms with van der Waals surface area (Å²) >= 11 is 3.44. The van der Waals surface area contributed by atoms with Crippen LogP contribution < -0.4 is 5.73 Å². The third-order valence-corrected chi connectivity index (χ3v) is 4.68. The summed E-state index contributed by atoms with van der Waals surface area (Å²) in [4.78, 5) is 28.7. The standard InChI is InChI=1S/C19H22BrN3O3/c1-19(2,3)26-18(25)23-6-4-11(5-7-23)15-10-22-16-13(15)8-12(20)9-14(16)17(21)24/h4,8-10,22H,5-7H2,1-3H3,(H2,21,24). The summed E-state index contributed by atoms with van der Waals surface area (Å²) in [7, 11) is 0. The first kappa shape index (κ1) is 18.5. The van der Waals surface area contributed by atoms with E-state index in [-0.39, 0.29) is 6.09 Å². The molecule has 0 atom stereocenters. The van der Waals surface area contributed by atoms with Crippen LogP contribution in [0.25, 0.3) is 16.5 Å². The molecular formula is C19H22BrN3O3. The number of aromatic nitrogens is 1. The van der Waals surface area contributed by atoms with Crippen molar-refractivity contribution >= 4 is 44.4 Å². The molecule has 26 heavy (non-hydrogen) atoms. The highest BCUT2D eigenvalue weighted by molar-refractivity contribution is 9.10. The Balaban J connectivity index is 1.87. The molecule has 1 aromatic carbocycles. The molecule has 1 aliphatic rings. The average molecular weight is 420 g/mol. The zero-order valence-electron chi connectivity index (χ0n) is 15.1. The van der Waals surface area contributed by atoms with E-state index in [2.05, 4.69) is 20.9 Å². The lowest BCUT2D eigenvalue weighted by molar-refractivity contribution is 0.0270. The van der Waals surface area contributed by atoms with Gasteiger partial charge in [-0.05, 0) is 44.9 Å². The van der Waals surface area contributed by atoms with Crippen LogP contribution in [0, 0.1) is 0 Å². The Morgan fingerprint density at radius 2 is 2.04 bits per heavy atom. The third kappa shape index (κ3) is 3.77. The highest BCUT2D eigenvalue weighted by Gasteiger charge is 2.25. The number of rotatable bonds is 2. The summed E-state index contributed by atoms with van der Waals surface area (Å²) in [6, 6.07) is 3.68. The van der Waals surface area contributed by atoms with Gasteiger partial charge >= 0.3 is 6.09 Å². The molecule has 0 fully saturated rings. The molecule has 0 unspecified atom stereocenters. The molecule has 6 nitrogen and oxygen atoms in total. The molecule has 2 heterocycles. The molecule has 1 aromatic heterocycles. The van der Waals surface area contributed by atoms with Crippen LogP contribution in [0.3, 0.4) is 0 Å². The van der Waals surface area contributed by atoms with E-state index in [1.807, 2.05) is 39.1 Å². The predicted octanol–water partition coefficient (Wildman–Crippen LogP) is 4.05. The molecule has 0 aliphatic carbocycles. The second-order valence-corrected chi connectivity index (χ2v) is 8.26. The lowest BCUT2D eigenvalue weighted by Gasteiger charge is -2.29. The number of aromatic amines is 1. The fraction of sp³-hybridized carbons (Fsp3) is 0.368.